The van der Waals surface area contributed by atoms with E-state index in [2.05, 4.69) is 48.2 Å². The molecule has 4 nitrogen and oxygen atoms in total. The molecule has 108 valence electrons. The monoisotopic (exact) mass is 376 g/mol. The number of aryl methyl sites for hydroxylation is 1. The van der Waals surface area contributed by atoms with Gasteiger partial charge in [-0.2, -0.15) is 0 Å². The maximum absolute atomic E-state index is 5.85. The first kappa shape index (κ1) is 18.2. The number of nitrogens with one attached hydrogen (secondary N) is 1. The van der Waals surface area contributed by atoms with Crippen LogP contribution in [0.1, 0.15) is 19.4 Å². The van der Waals surface area contributed by atoms with E-state index < -0.39 is 0 Å². The molecule has 0 heterocycles. The molecule has 0 fully saturated rings. The van der Waals surface area contributed by atoms with Gasteiger partial charge >= 0.3 is 0 Å². The van der Waals surface area contributed by atoms with Crippen molar-refractivity contribution >= 4 is 35.6 Å². The molecule has 1 aromatic rings. The predicted molar refractivity (Wildman–Crippen MR) is 94.5 cm³/mol. The molecule has 0 saturated carbocycles. The van der Waals surface area contributed by atoms with Gasteiger partial charge < -0.3 is 16.0 Å². The zero-order valence-corrected chi connectivity index (χ0v) is 14.3. The molecular formula is C14H25IN4. The third-order valence-corrected chi connectivity index (χ3v) is 2.91. The van der Waals surface area contributed by atoms with Crippen molar-refractivity contribution in [3.8, 4) is 0 Å². The van der Waals surface area contributed by atoms with E-state index in [4.69, 9.17) is 5.73 Å². The van der Waals surface area contributed by atoms with Gasteiger partial charge in [0.2, 0.25) is 0 Å². The van der Waals surface area contributed by atoms with E-state index in [0.29, 0.717) is 5.96 Å². The molecule has 0 atom stereocenters. The molecule has 1 rings (SSSR count). The number of rotatable bonds is 6. The van der Waals surface area contributed by atoms with Crippen LogP contribution < -0.4 is 11.1 Å². The van der Waals surface area contributed by atoms with Crippen LogP contribution in [-0.2, 0) is 6.42 Å². The third-order valence-electron chi connectivity index (χ3n) is 2.91. The molecular weight excluding hydrogens is 351 g/mol. The van der Waals surface area contributed by atoms with Gasteiger partial charge in [-0.25, -0.2) is 0 Å². The van der Waals surface area contributed by atoms with E-state index in [9.17, 15) is 0 Å². The molecule has 1 aromatic carbocycles. The van der Waals surface area contributed by atoms with Gasteiger partial charge in [0, 0.05) is 12.2 Å². The van der Waals surface area contributed by atoms with Gasteiger partial charge in [0.25, 0.3) is 0 Å². The SMILES string of the molecule is CCc1cccc(NC(N)=NCCN(C)CC)c1.I. The van der Waals surface area contributed by atoms with Crippen molar-refractivity contribution in [2.24, 2.45) is 10.7 Å². The summed E-state index contributed by atoms with van der Waals surface area (Å²) in [6.07, 6.45) is 1.02. The van der Waals surface area contributed by atoms with Crippen LogP contribution in [0.4, 0.5) is 5.69 Å². The maximum Gasteiger partial charge on any atom is 0.193 e. The fourth-order valence-electron chi connectivity index (χ4n) is 1.56. The molecule has 5 heteroatoms. The number of aliphatic imine (C=N–C) groups is 1. The number of hydrogen-bond acceptors (Lipinski definition) is 2. The van der Waals surface area contributed by atoms with Gasteiger partial charge in [0.05, 0.1) is 6.54 Å². The Balaban J connectivity index is 0.00000324. The normalized spacial score (nSPS) is 11.3. The third kappa shape index (κ3) is 7.37. The van der Waals surface area contributed by atoms with Gasteiger partial charge in [-0.05, 0) is 37.7 Å². The average molecular weight is 376 g/mol. The zero-order chi connectivity index (χ0) is 13.4. The van der Waals surface area contributed by atoms with E-state index >= 15 is 0 Å². The minimum absolute atomic E-state index is 0. The highest BCUT2D eigenvalue weighted by Gasteiger charge is 1.97. The predicted octanol–water partition coefficient (Wildman–Crippen LogP) is 2.55. The van der Waals surface area contributed by atoms with Crippen LogP contribution in [0.3, 0.4) is 0 Å². The molecule has 0 aromatic heterocycles. The molecule has 0 radical (unpaired) electrons. The molecule has 0 aliphatic heterocycles. The van der Waals surface area contributed by atoms with Crippen LogP contribution in [0.5, 0.6) is 0 Å². The number of anilines is 1. The number of likely N-dealkylation sites (N-methyl/N-ethyl adjacent to an activating group) is 1. The van der Waals surface area contributed by atoms with Gasteiger partial charge in [0.1, 0.15) is 0 Å². The van der Waals surface area contributed by atoms with E-state index in [1.165, 1.54) is 5.56 Å². The lowest BCUT2D eigenvalue weighted by atomic mass is 10.1. The van der Waals surface area contributed by atoms with Crippen molar-refractivity contribution in [3.63, 3.8) is 0 Å². The molecule has 0 amide bonds. The molecule has 0 aliphatic carbocycles. The summed E-state index contributed by atoms with van der Waals surface area (Å²) in [5.74, 6) is 0.479. The van der Waals surface area contributed by atoms with Crippen molar-refractivity contribution in [1.29, 1.82) is 0 Å². The summed E-state index contributed by atoms with van der Waals surface area (Å²) >= 11 is 0. The van der Waals surface area contributed by atoms with Crippen LogP contribution in [0.2, 0.25) is 0 Å². The summed E-state index contributed by atoms with van der Waals surface area (Å²) in [7, 11) is 2.07. The fraction of sp³-hybridized carbons (Fsp3) is 0.500. The number of nitrogens with zero attached hydrogens (tertiary/aromatic N) is 2. The molecule has 19 heavy (non-hydrogen) atoms. The summed E-state index contributed by atoms with van der Waals surface area (Å²) < 4.78 is 0. The van der Waals surface area contributed by atoms with E-state index in [1.54, 1.807) is 0 Å². The minimum Gasteiger partial charge on any atom is -0.370 e. The van der Waals surface area contributed by atoms with Crippen LogP contribution in [0, 0.1) is 0 Å². The van der Waals surface area contributed by atoms with Gasteiger partial charge in [-0.1, -0.05) is 26.0 Å². The number of nitrogens with two attached hydrogens (primary N) is 1. The highest BCUT2D eigenvalue weighted by Crippen LogP contribution is 2.10. The second kappa shape index (κ2) is 10.0. The Hall–Kier alpha value is -0.820. The first-order valence-corrected chi connectivity index (χ1v) is 6.50. The minimum atomic E-state index is 0. The smallest absolute Gasteiger partial charge is 0.193 e. The lowest BCUT2D eigenvalue weighted by Crippen LogP contribution is -2.26. The largest absolute Gasteiger partial charge is 0.370 e. The highest BCUT2D eigenvalue weighted by atomic mass is 127. The summed E-state index contributed by atoms with van der Waals surface area (Å²) in [5, 5.41) is 3.12. The van der Waals surface area contributed by atoms with Crippen LogP contribution in [0.15, 0.2) is 29.3 Å². The fourth-order valence-corrected chi connectivity index (χ4v) is 1.56. The molecule has 0 unspecified atom stereocenters. The van der Waals surface area contributed by atoms with Gasteiger partial charge in [-0.3, -0.25) is 4.99 Å². The van der Waals surface area contributed by atoms with Crippen molar-refractivity contribution in [2.75, 3.05) is 32.0 Å². The molecule has 0 aliphatic rings. The molecule has 3 N–H and O–H groups in total. The standard InChI is InChI=1S/C14H24N4.HI/c1-4-12-7-6-8-13(11-12)17-14(15)16-9-10-18(3)5-2;/h6-8,11H,4-5,9-10H2,1-3H3,(H3,15,16,17);1H. The topological polar surface area (TPSA) is 53.6 Å². The van der Waals surface area contributed by atoms with E-state index in [-0.39, 0.29) is 24.0 Å². The lowest BCUT2D eigenvalue weighted by Gasteiger charge is -2.12. The summed E-state index contributed by atoms with van der Waals surface area (Å²) in [4.78, 5) is 6.51. The Labute approximate surface area is 133 Å². The number of benzene rings is 1. The highest BCUT2D eigenvalue weighted by molar-refractivity contribution is 14.0. The second-order valence-corrected chi connectivity index (χ2v) is 4.34. The summed E-state index contributed by atoms with van der Waals surface area (Å²) in [6.45, 7) is 6.94. The Bertz CT molecular complexity index is 393. The number of halogens is 1. The Morgan fingerprint density at radius 1 is 1.37 bits per heavy atom. The van der Waals surface area contributed by atoms with Crippen molar-refractivity contribution < 1.29 is 0 Å². The Morgan fingerprint density at radius 2 is 2.11 bits per heavy atom. The van der Waals surface area contributed by atoms with E-state index in [0.717, 1.165) is 31.7 Å². The quantitative estimate of drug-likeness (QED) is 0.456. The maximum atomic E-state index is 5.85. The average Bonchev–Trinajstić information content (AvgIpc) is 2.38. The van der Waals surface area contributed by atoms with Crippen LogP contribution in [-0.4, -0.2) is 37.5 Å². The molecule has 0 spiro atoms. The zero-order valence-electron chi connectivity index (χ0n) is 12.0. The summed E-state index contributed by atoms with van der Waals surface area (Å²) in [5.41, 5.74) is 8.14. The van der Waals surface area contributed by atoms with Crippen LogP contribution >= 0.6 is 24.0 Å². The number of hydrogen-bond donors (Lipinski definition) is 2. The number of guanidine groups is 1. The first-order chi connectivity index (χ1) is 8.65. The Kier molecular flexibility index (Phi) is 9.59. The van der Waals surface area contributed by atoms with Gasteiger partial charge in [0.15, 0.2) is 5.96 Å². The summed E-state index contributed by atoms with van der Waals surface area (Å²) in [6, 6.07) is 8.23. The van der Waals surface area contributed by atoms with Crippen LogP contribution in [0.25, 0.3) is 0 Å². The lowest BCUT2D eigenvalue weighted by molar-refractivity contribution is 0.363. The Morgan fingerprint density at radius 3 is 2.74 bits per heavy atom. The van der Waals surface area contributed by atoms with E-state index in [1.807, 2.05) is 12.1 Å². The van der Waals surface area contributed by atoms with Crippen molar-refractivity contribution in [3.05, 3.63) is 29.8 Å². The van der Waals surface area contributed by atoms with Crippen molar-refractivity contribution in [2.45, 2.75) is 20.3 Å². The van der Waals surface area contributed by atoms with Crippen molar-refractivity contribution in [1.82, 2.24) is 4.90 Å². The van der Waals surface area contributed by atoms with Gasteiger partial charge in [-0.15, -0.1) is 24.0 Å². The first-order valence-electron chi connectivity index (χ1n) is 6.50. The molecule has 0 bridgehead atoms. The molecule has 0 saturated heterocycles. The second-order valence-electron chi connectivity index (χ2n) is 4.34.